The summed E-state index contributed by atoms with van der Waals surface area (Å²) in [6.45, 7) is 3.99. The summed E-state index contributed by atoms with van der Waals surface area (Å²) in [6, 6.07) is 3.46. The second-order valence-corrected chi connectivity index (χ2v) is 4.19. The van der Waals surface area contributed by atoms with E-state index in [-0.39, 0.29) is 5.78 Å². The molecule has 0 amide bonds. The second kappa shape index (κ2) is 4.98. The van der Waals surface area contributed by atoms with Crippen molar-refractivity contribution in [2.75, 3.05) is 6.61 Å². The molecular weight excluding hydrogens is 314 g/mol. The monoisotopic (exact) mass is 324 g/mol. The van der Waals surface area contributed by atoms with E-state index in [1.165, 1.54) is 6.92 Å². The van der Waals surface area contributed by atoms with Crippen LogP contribution < -0.4 is 4.74 Å². The first-order valence-corrected chi connectivity index (χ1v) is 5.65. The Bertz CT molecular complexity index is 363. The van der Waals surface area contributed by atoms with E-state index >= 15 is 0 Å². The lowest BCUT2D eigenvalue weighted by Gasteiger charge is -2.09. The van der Waals surface area contributed by atoms with Crippen molar-refractivity contribution in [3.8, 4) is 5.75 Å². The maximum absolute atomic E-state index is 11.2. The summed E-state index contributed by atoms with van der Waals surface area (Å²) in [5.74, 6) is 0.694. The second-order valence-electron chi connectivity index (χ2n) is 2.73. The number of ketones is 1. The highest BCUT2D eigenvalue weighted by Gasteiger charge is 2.12. The fourth-order valence-corrected chi connectivity index (χ4v) is 1.99. The van der Waals surface area contributed by atoms with Gasteiger partial charge < -0.3 is 4.74 Å². The Hall–Kier alpha value is -0.290. The van der Waals surface area contributed by atoms with E-state index in [0.29, 0.717) is 17.2 Å². The normalized spacial score (nSPS) is 10.0. The number of rotatable bonds is 3. The van der Waals surface area contributed by atoms with Gasteiger partial charge in [-0.25, -0.2) is 0 Å². The number of hydrogen-bond donors (Lipinski definition) is 0. The van der Waals surface area contributed by atoms with Gasteiger partial charge in [0.05, 0.1) is 15.2 Å². The molecule has 4 heteroatoms. The molecule has 1 aromatic carbocycles. The predicted molar refractivity (Wildman–Crippen MR) is 65.3 cm³/mol. The summed E-state index contributed by atoms with van der Waals surface area (Å²) in [5, 5.41) is 0.476. The van der Waals surface area contributed by atoms with Gasteiger partial charge in [-0.3, -0.25) is 4.79 Å². The summed E-state index contributed by atoms with van der Waals surface area (Å²) in [7, 11) is 0. The Morgan fingerprint density at radius 1 is 1.57 bits per heavy atom. The molecular formula is C10H10ClIO2. The maximum atomic E-state index is 11.2. The van der Waals surface area contributed by atoms with Crippen molar-refractivity contribution in [2.24, 2.45) is 0 Å². The molecule has 0 aliphatic rings. The number of carbonyl (C=O) groups is 1. The summed E-state index contributed by atoms with van der Waals surface area (Å²) in [4.78, 5) is 11.2. The average molecular weight is 325 g/mol. The Morgan fingerprint density at radius 2 is 2.21 bits per heavy atom. The van der Waals surface area contributed by atoms with Gasteiger partial charge >= 0.3 is 0 Å². The molecule has 0 fully saturated rings. The van der Waals surface area contributed by atoms with E-state index in [4.69, 9.17) is 16.3 Å². The zero-order valence-corrected chi connectivity index (χ0v) is 10.8. The summed E-state index contributed by atoms with van der Waals surface area (Å²) in [5.41, 5.74) is 0.541. The van der Waals surface area contributed by atoms with Gasteiger partial charge in [0.25, 0.3) is 0 Å². The zero-order valence-electron chi connectivity index (χ0n) is 7.93. The van der Waals surface area contributed by atoms with Crippen LogP contribution in [0.4, 0.5) is 0 Å². The molecule has 1 rings (SSSR count). The van der Waals surface area contributed by atoms with Crippen LogP contribution in [-0.2, 0) is 0 Å². The van der Waals surface area contributed by atoms with E-state index in [0.717, 1.165) is 9.32 Å². The Morgan fingerprint density at radius 3 is 2.71 bits per heavy atom. The van der Waals surface area contributed by atoms with Gasteiger partial charge in [-0.15, -0.1) is 0 Å². The van der Waals surface area contributed by atoms with Gasteiger partial charge in [0.1, 0.15) is 5.75 Å². The van der Waals surface area contributed by atoms with E-state index in [1.807, 2.05) is 6.92 Å². The molecule has 0 bridgehead atoms. The van der Waals surface area contributed by atoms with Gasteiger partial charge in [-0.1, -0.05) is 11.6 Å². The van der Waals surface area contributed by atoms with Crippen molar-refractivity contribution in [3.05, 3.63) is 26.3 Å². The van der Waals surface area contributed by atoms with Crippen molar-refractivity contribution >= 4 is 40.0 Å². The lowest BCUT2D eigenvalue weighted by atomic mass is 10.1. The molecule has 0 saturated carbocycles. The number of halogens is 2. The van der Waals surface area contributed by atoms with Crippen molar-refractivity contribution < 1.29 is 9.53 Å². The number of Topliss-reactive ketones (excluding diaryl/α,β-unsaturated/α-hetero) is 1. The van der Waals surface area contributed by atoms with E-state index in [1.54, 1.807) is 12.1 Å². The third kappa shape index (κ3) is 2.39. The number of hydrogen-bond acceptors (Lipinski definition) is 2. The van der Waals surface area contributed by atoms with Crippen LogP contribution in [0.5, 0.6) is 5.75 Å². The predicted octanol–water partition coefficient (Wildman–Crippen LogP) is 3.55. The fourth-order valence-electron chi connectivity index (χ4n) is 1.07. The third-order valence-corrected chi connectivity index (χ3v) is 3.51. The van der Waals surface area contributed by atoms with Crippen LogP contribution in [0.15, 0.2) is 12.1 Å². The molecule has 1 aromatic rings. The highest BCUT2D eigenvalue weighted by atomic mass is 127. The Labute approximate surface area is 102 Å². The molecule has 0 saturated heterocycles. The first kappa shape index (κ1) is 11.8. The molecule has 14 heavy (non-hydrogen) atoms. The average Bonchev–Trinajstić information content (AvgIpc) is 2.13. The molecule has 0 aromatic heterocycles. The van der Waals surface area contributed by atoms with Crippen LogP contribution in [0.1, 0.15) is 24.2 Å². The highest BCUT2D eigenvalue weighted by molar-refractivity contribution is 14.1. The van der Waals surface area contributed by atoms with Crippen LogP contribution in [-0.4, -0.2) is 12.4 Å². The summed E-state index contributed by atoms with van der Waals surface area (Å²) < 4.78 is 6.14. The summed E-state index contributed by atoms with van der Waals surface area (Å²) in [6.07, 6.45) is 0. The van der Waals surface area contributed by atoms with Crippen molar-refractivity contribution in [3.63, 3.8) is 0 Å². The maximum Gasteiger partial charge on any atom is 0.161 e. The van der Waals surface area contributed by atoms with E-state index in [9.17, 15) is 4.79 Å². The molecule has 0 N–H and O–H groups in total. The highest BCUT2D eigenvalue weighted by Crippen LogP contribution is 2.31. The molecule has 0 atom stereocenters. The fraction of sp³-hybridized carbons (Fsp3) is 0.300. The van der Waals surface area contributed by atoms with E-state index < -0.39 is 0 Å². The van der Waals surface area contributed by atoms with Crippen molar-refractivity contribution in [1.82, 2.24) is 0 Å². The molecule has 0 aliphatic carbocycles. The third-order valence-electron chi connectivity index (χ3n) is 1.73. The molecule has 0 spiro atoms. The minimum atomic E-state index is -0.0315. The van der Waals surface area contributed by atoms with Crippen LogP contribution in [0.3, 0.4) is 0 Å². The van der Waals surface area contributed by atoms with Gasteiger partial charge in [-0.2, -0.15) is 0 Å². The molecule has 2 nitrogen and oxygen atoms in total. The van der Waals surface area contributed by atoms with Crippen LogP contribution >= 0.6 is 34.2 Å². The van der Waals surface area contributed by atoms with Gasteiger partial charge in [0, 0.05) is 5.56 Å². The summed E-state index contributed by atoms with van der Waals surface area (Å²) >= 11 is 8.10. The molecule has 76 valence electrons. The van der Waals surface area contributed by atoms with E-state index in [2.05, 4.69) is 22.6 Å². The Balaban J connectivity index is 3.19. The number of carbonyl (C=O) groups excluding carboxylic acids is 1. The minimum absolute atomic E-state index is 0.0315. The lowest BCUT2D eigenvalue weighted by Crippen LogP contribution is -1.99. The number of benzene rings is 1. The molecule has 0 heterocycles. The topological polar surface area (TPSA) is 26.3 Å². The quantitative estimate of drug-likeness (QED) is 0.628. The van der Waals surface area contributed by atoms with Crippen molar-refractivity contribution in [2.45, 2.75) is 13.8 Å². The molecule has 0 radical (unpaired) electrons. The van der Waals surface area contributed by atoms with Crippen LogP contribution in [0.25, 0.3) is 0 Å². The molecule has 0 unspecified atom stereocenters. The van der Waals surface area contributed by atoms with Gasteiger partial charge in [0.2, 0.25) is 0 Å². The van der Waals surface area contributed by atoms with Gasteiger partial charge in [-0.05, 0) is 48.6 Å². The zero-order chi connectivity index (χ0) is 10.7. The first-order valence-electron chi connectivity index (χ1n) is 4.19. The van der Waals surface area contributed by atoms with Crippen LogP contribution in [0, 0.1) is 3.57 Å². The molecule has 0 aliphatic heterocycles. The number of ether oxygens (including phenoxy) is 1. The first-order chi connectivity index (χ1) is 6.57. The van der Waals surface area contributed by atoms with Crippen LogP contribution in [0.2, 0.25) is 5.02 Å². The smallest absolute Gasteiger partial charge is 0.161 e. The van der Waals surface area contributed by atoms with Crippen molar-refractivity contribution in [1.29, 1.82) is 0 Å². The largest absolute Gasteiger partial charge is 0.493 e. The standard InChI is InChI=1S/C10H10ClIO2/c1-3-14-8-5-4-7(6(2)13)9(11)10(8)12/h4-5H,3H2,1-2H3. The Kier molecular flexibility index (Phi) is 4.19. The van der Waals surface area contributed by atoms with Gasteiger partial charge in [0.15, 0.2) is 5.78 Å². The SMILES string of the molecule is CCOc1ccc(C(C)=O)c(Cl)c1I. The lowest BCUT2D eigenvalue weighted by molar-refractivity contribution is 0.101. The minimum Gasteiger partial charge on any atom is -0.493 e.